The summed E-state index contributed by atoms with van der Waals surface area (Å²) in [6, 6.07) is 5.73. The van der Waals surface area contributed by atoms with Crippen LogP contribution in [0.1, 0.15) is 25.8 Å². The Bertz CT molecular complexity index is 445. The number of halogens is 3. The minimum Gasteiger partial charge on any atom is -0.434 e. The highest BCUT2D eigenvalue weighted by atomic mass is 35.5. The van der Waals surface area contributed by atoms with Gasteiger partial charge in [0.15, 0.2) is 0 Å². The Morgan fingerprint density at radius 3 is 2.52 bits per heavy atom. The van der Waals surface area contributed by atoms with E-state index in [4.69, 9.17) is 5.73 Å². The van der Waals surface area contributed by atoms with E-state index in [9.17, 15) is 13.6 Å². The van der Waals surface area contributed by atoms with Gasteiger partial charge in [0.1, 0.15) is 5.75 Å². The minimum absolute atomic E-state index is 0. The van der Waals surface area contributed by atoms with E-state index in [1.807, 2.05) is 13.8 Å². The van der Waals surface area contributed by atoms with Crippen LogP contribution < -0.4 is 15.8 Å². The van der Waals surface area contributed by atoms with E-state index >= 15 is 0 Å². The lowest BCUT2D eigenvalue weighted by Gasteiger charge is -2.15. The van der Waals surface area contributed by atoms with Gasteiger partial charge in [-0.3, -0.25) is 4.79 Å². The van der Waals surface area contributed by atoms with Crippen molar-refractivity contribution in [1.29, 1.82) is 0 Å². The van der Waals surface area contributed by atoms with Gasteiger partial charge < -0.3 is 15.8 Å². The lowest BCUT2D eigenvalue weighted by Crippen LogP contribution is -2.41. The molecule has 0 spiro atoms. The van der Waals surface area contributed by atoms with Crippen LogP contribution in [-0.4, -0.2) is 18.6 Å². The number of amides is 1. The van der Waals surface area contributed by atoms with Gasteiger partial charge in [-0.1, -0.05) is 32.0 Å². The van der Waals surface area contributed by atoms with Crippen molar-refractivity contribution in [1.82, 2.24) is 5.32 Å². The third kappa shape index (κ3) is 7.24. The zero-order chi connectivity index (χ0) is 15.1. The van der Waals surface area contributed by atoms with Gasteiger partial charge in [-0.2, -0.15) is 8.78 Å². The van der Waals surface area contributed by atoms with Gasteiger partial charge in [0.05, 0.1) is 6.04 Å². The molecule has 1 aromatic rings. The van der Waals surface area contributed by atoms with Gasteiger partial charge in [-0.25, -0.2) is 0 Å². The number of nitrogens with one attached hydrogen (secondary N) is 1. The predicted octanol–water partition coefficient (Wildman–Crippen LogP) is 2.70. The normalized spacial score (nSPS) is 12.0. The van der Waals surface area contributed by atoms with Crippen molar-refractivity contribution in [3.8, 4) is 5.75 Å². The maximum Gasteiger partial charge on any atom is 0.387 e. The average Bonchev–Trinajstić information content (AvgIpc) is 2.35. The van der Waals surface area contributed by atoms with Crippen molar-refractivity contribution in [3.05, 3.63) is 29.8 Å². The van der Waals surface area contributed by atoms with Crippen molar-refractivity contribution in [2.45, 2.75) is 39.5 Å². The number of rotatable bonds is 7. The van der Waals surface area contributed by atoms with E-state index in [1.54, 1.807) is 18.2 Å². The number of nitrogens with two attached hydrogens (primary N) is 1. The van der Waals surface area contributed by atoms with Crippen LogP contribution in [0.15, 0.2) is 24.3 Å². The first-order valence-corrected chi connectivity index (χ1v) is 6.46. The van der Waals surface area contributed by atoms with Crippen molar-refractivity contribution < 1.29 is 18.3 Å². The fraction of sp³-hybridized carbons (Fsp3) is 0.500. The second kappa shape index (κ2) is 9.52. The van der Waals surface area contributed by atoms with Crippen LogP contribution in [0.2, 0.25) is 0 Å². The summed E-state index contributed by atoms with van der Waals surface area (Å²) in [6.45, 7) is 1.15. The van der Waals surface area contributed by atoms with Gasteiger partial charge in [0, 0.05) is 12.1 Å². The molecule has 7 heteroatoms. The Balaban J connectivity index is 0.00000400. The number of carbonyl (C=O) groups is 1. The van der Waals surface area contributed by atoms with Crippen molar-refractivity contribution >= 4 is 18.3 Å². The van der Waals surface area contributed by atoms with E-state index in [1.165, 1.54) is 6.07 Å². The Labute approximate surface area is 129 Å². The molecule has 3 N–H and O–H groups in total. The number of ether oxygens (including phenoxy) is 1. The maximum atomic E-state index is 12.2. The van der Waals surface area contributed by atoms with E-state index in [0.29, 0.717) is 17.9 Å². The summed E-state index contributed by atoms with van der Waals surface area (Å²) in [5.41, 5.74) is 6.22. The van der Waals surface area contributed by atoms with Crippen LogP contribution in [0.3, 0.4) is 0 Å². The third-order valence-corrected chi connectivity index (χ3v) is 2.70. The number of hydrogen-bond donors (Lipinski definition) is 2. The monoisotopic (exact) mass is 322 g/mol. The quantitative estimate of drug-likeness (QED) is 0.811. The molecule has 4 nitrogen and oxygen atoms in total. The largest absolute Gasteiger partial charge is 0.434 e. The Kier molecular flexibility index (Phi) is 8.89. The molecule has 0 aliphatic heterocycles. The standard InChI is InChI=1S/C14H20F2N2O2.ClH/c1-9(2)7-11(17)13(19)18-8-10-5-3-4-6-12(10)20-14(15)16;/h3-6,9,11,14H,7-8,17H2,1-2H3,(H,18,19);1H/t11-;/m0./s1. The van der Waals surface area contributed by atoms with Gasteiger partial charge in [0.25, 0.3) is 0 Å². The number of carbonyl (C=O) groups excluding carboxylic acids is 1. The van der Waals surface area contributed by atoms with Crippen molar-refractivity contribution in [2.24, 2.45) is 11.7 Å². The second-order valence-corrected chi connectivity index (χ2v) is 4.94. The Morgan fingerprint density at radius 2 is 1.95 bits per heavy atom. The Hall–Kier alpha value is -1.40. The SMILES string of the molecule is CC(C)C[C@H](N)C(=O)NCc1ccccc1OC(F)F.Cl. The molecule has 1 aromatic carbocycles. The van der Waals surface area contributed by atoms with Crippen molar-refractivity contribution in [3.63, 3.8) is 0 Å². The molecule has 120 valence electrons. The number of benzene rings is 1. The van der Waals surface area contributed by atoms with E-state index in [-0.39, 0.29) is 30.6 Å². The first-order chi connectivity index (χ1) is 9.40. The molecular weight excluding hydrogens is 302 g/mol. The highest BCUT2D eigenvalue weighted by molar-refractivity contribution is 5.85. The molecule has 0 saturated carbocycles. The molecule has 0 bridgehead atoms. The highest BCUT2D eigenvalue weighted by Gasteiger charge is 2.15. The number of alkyl halides is 2. The summed E-state index contributed by atoms with van der Waals surface area (Å²) in [6.07, 6.45) is 0.570. The molecule has 1 amide bonds. The van der Waals surface area contributed by atoms with Crippen LogP contribution in [0.4, 0.5) is 8.78 Å². The summed E-state index contributed by atoms with van der Waals surface area (Å²) in [5.74, 6) is 0.0657. The van der Waals surface area contributed by atoms with Crippen LogP contribution in [0.25, 0.3) is 0 Å². The lowest BCUT2D eigenvalue weighted by atomic mass is 10.0. The summed E-state index contributed by atoms with van der Waals surface area (Å²) in [5, 5.41) is 2.63. The molecule has 0 aliphatic carbocycles. The molecule has 0 saturated heterocycles. The fourth-order valence-corrected chi connectivity index (χ4v) is 1.79. The van der Waals surface area contributed by atoms with Gasteiger partial charge in [-0.05, 0) is 18.4 Å². The van der Waals surface area contributed by atoms with Crippen LogP contribution >= 0.6 is 12.4 Å². The van der Waals surface area contributed by atoms with Crippen LogP contribution in [-0.2, 0) is 11.3 Å². The van der Waals surface area contributed by atoms with Crippen molar-refractivity contribution in [2.75, 3.05) is 0 Å². The first-order valence-electron chi connectivity index (χ1n) is 6.46. The molecule has 0 fully saturated rings. The van der Waals surface area contributed by atoms with Gasteiger partial charge in [-0.15, -0.1) is 12.4 Å². The van der Waals surface area contributed by atoms with Crippen LogP contribution in [0.5, 0.6) is 5.75 Å². The smallest absolute Gasteiger partial charge is 0.387 e. The second-order valence-electron chi connectivity index (χ2n) is 4.94. The van der Waals surface area contributed by atoms with Crippen LogP contribution in [0, 0.1) is 5.92 Å². The summed E-state index contributed by atoms with van der Waals surface area (Å²) < 4.78 is 28.9. The Morgan fingerprint density at radius 1 is 1.33 bits per heavy atom. The minimum atomic E-state index is -2.89. The van der Waals surface area contributed by atoms with Gasteiger partial charge >= 0.3 is 6.61 Å². The topological polar surface area (TPSA) is 64.4 Å². The highest BCUT2D eigenvalue weighted by Crippen LogP contribution is 2.20. The number of para-hydroxylation sites is 1. The van der Waals surface area contributed by atoms with E-state index in [2.05, 4.69) is 10.1 Å². The molecule has 0 aliphatic rings. The molecule has 1 atom stereocenters. The molecule has 21 heavy (non-hydrogen) atoms. The molecule has 0 unspecified atom stereocenters. The average molecular weight is 323 g/mol. The zero-order valence-electron chi connectivity index (χ0n) is 12.0. The van der Waals surface area contributed by atoms with E-state index in [0.717, 1.165) is 0 Å². The zero-order valence-corrected chi connectivity index (χ0v) is 12.8. The predicted molar refractivity (Wildman–Crippen MR) is 79.6 cm³/mol. The first kappa shape index (κ1) is 19.6. The molecule has 0 aromatic heterocycles. The maximum absolute atomic E-state index is 12.2. The third-order valence-electron chi connectivity index (χ3n) is 2.70. The molecule has 1 rings (SSSR count). The number of hydrogen-bond acceptors (Lipinski definition) is 3. The molecule has 0 heterocycles. The molecular formula is C14H21ClF2N2O2. The summed E-state index contributed by atoms with van der Waals surface area (Å²) in [7, 11) is 0. The summed E-state index contributed by atoms with van der Waals surface area (Å²) >= 11 is 0. The van der Waals surface area contributed by atoms with E-state index < -0.39 is 12.7 Å². The van der Waals surface area contributed by atoms with Gasteiger partial charge in [0.2, 0.25) is 5.91 Å². The fourth-order valence-electron chi connectivity index (χ4n) is 1.79. The molecule has 0 radical (unpaired) electrons. The summed E-state index contributed by atoms with van der Waals surface area (Å²) in [4.78, 5) is 11.8. The lowest BCUT2D eigenvalue weighted by molar-refractivity contribution is -0.122.